The smallest absolute Gasteiger partial charge is 0.265 e. The van der Waals surface area contributed by atoms with Crippen molar-refractivity contribution in [1.82, 2.24) is 0 Å². The van der Waals surface area contributed by atoms with E-state index in [9.17, 15) is 13.2 Å². The van der Waals surface area contributed by atoms with Gasteiger partial charge in [0.2, 0.25) is 10.0 Å². The van der Waals surface area contributed by atoms with Crippen molar-refractivity contribution in [3.05, 3.63) is 53.6 Å². The van der Waals surface area contributed by atoms with Gasteiger partial charge >= 0.3 is 0 Å². The number of sulfonamides is 1. The van der Waals surface area contributed by atoms with Crippen LogP contribution in [-0.4, -0.2) is 27.0 Å². The van der Waals surface area contributed by atoms with Crippen LogP contribution < -0.4 is 14.8 Å². The monoisotopic (exact) mass is 371 g/mol. The van der Waals surface area contributed by atoms with Crippen molar-refractivity contribution in [2.24, 2.45) is 5.14 Å². The van der Waals surface area contributed by atoms with E-state index in [2.05, 4.69) is 0 Å². The van der Waals surface area contributed by atoms with Crippen molar-refractivity contribution in [3.63, 3.8) is 0 Å². The van der Waals surface area contributed by atoms with Crippen molar-refractivity contribution in [2.75, 3.05) is 11.5 Å². The predicted molar refractivity (Wildman–Crippen MR) is 95.1 cm³/mol. The molecule has 2 aromatic carbocycles. The van der Waals surface area contributed by atoms with Gasteiger partial charge in [0.25, 0.3) is 5.91 Å². The number of carbonyl (C=O) groups excluding carboxylic acids is 1. The Bertz CT molecular complexity index is 1010. The van der Waals surface area contributed by atoms with Crippen molar-refractivity contribution >= 4 is 21.6 Å². The largest absolute Gasteiger partial charge is 0.484 e. The minimum absolute atomic E-state index is 0.0299. The van der Waals surface area contributed by atoms with E-state index >= 15 is 0 Å². The Morgan fingerprint density at radius 1 is 1.35 bits per heavy atom. The van der Waals surface area contributed by atoms with E-state index in [-0.39, 0.29) is 23.5 Å². The van der Waals surface area contributed by atoms with Crippen molar-refractivity contribution in [2.45, 2.75) is 24.3 Å². The highest BCUT2D eigenvalue weighted by molar-refractivity contribution is 7.89. The fourth-order valence-electron chi connectivity index (χ4n) is 3.03. The van der Waals surface area contributed by atoms with Gasteiger partial charge in [0.15, 0.2) is 6.61 Å². The van der Waals surface area contributed by atoms with Gasteiger partial charge in [0.1, 0.15) is 5.75 Å². The molecule has 0 bridgehead atoms. The van der Waals surface area contributed by atoms with Crippen LogP contribution in [0.25, 0.3) is 0 Å². The number of nitrogens with zero attached hydrogens (tertiary/aromatic N) is 2. The highest BCUT2D eigenvalue weighted by Gasteiger charge is 2.31. The first kappa shape index (κ1) is 17.9. The molecule has 3 rings (SSSR count). The molecule has 0 radical (unpaired) electrons. The van der Waals surface area contributed by atoms with E-state index in [1.165, 1.54) is 12.1 Å². The Morgan fingerprint density at radius 2 is 2.12 bits per heavy atom. The quantitative estimate of drug-likeness (QED) is 0.876. The molecular formula is C18H17N3O4S. The average Bonchev–Trinajstić information content (AvgIpc) is 2.94. The van der Waals surface area contributed by atoms with E-state index in [1.54, 1.807) is 35.2 Å². The van der Waals surface area contributed by atoms with Crippen LogP contribution >= 0.6 is 0 Å². The standard InChI is InChI=1S/C18H17N3O4S/c1-12-7-14-9-16(26(20,23)24)5-6-17(14)21(12)18(22)11-25-15-4-2-3-13(8-15)10-19/h2-6,8-9,12H,7,11H2,1H3,(H2,20,23,24). The summed E-state index contributed by atoms with van der Waals surface area (Å²) in [4.78, 5) is 14.2. The molecule has 0 aliphatic carbocycles. The molecule has 1 heterocycles. The summed E-state index contributed by atoms with van der Waals surface area (Å²) in [7, 11) is -3.79. The first-order valence-corrected chi connectivity index (χ1v) is 9.45. The summed E-state index contributed by atoms with van der Waals surface area (Å²) in [5, 5.41) is 14.1. The van der Waals surface area contributed by atoms with Crippen molar-refractivity contribution in [1.29, 1.82) is 5.26 Å². The molecule has 0 aromatic heterocycles. The molecule has 1 aliphatic rings. The van der Waals surface area contributed by atoms with Crippen LogP contribution in [0.1, 0.15) is 18.1 Å². The maximum Gasteiger partial charge on any atom is 0.265 e. The molecule has 0 saturated heterocycles. The van der Waals surface area contributed by atoms with E-state index < -0.39 is 10.0 Å². The second-order valence-electron chi connectivity index (χ2n) is 6.08. The van der Waals surface area contributed by atoms with E-state index in [0.717, 1.165) is 5.56 Å². The molecule has 8 heteroatoms. The number of primary sulfonamides is 1. The summed E-state index contributed by atoms with van der Waals surface area (Å²) >= 11 is 0. The molecule has 0 saturated carbocycles. The maximum absolute atomic E-state index is 12.6. The molecule has 1 amide bonds. The predicted octanol–water partition coefficient (Wildman–Crippen LogP) is 1.56. The topological polar surface area (TPSA) is 113 Å². The molecule has 2 aromatic rings. The second kappa shape index (κ2) is 6.78. The van der Waals surface area contributed by atoms with Crippen LogP contribution in [-0.2, 0) is 21.2 Å². The van der Waals surface area contributed by atoms with Crippen molar-refractivity contribution in [3.8, 4) is 11.8 Å². The summed E-state index contributed by atoms with van der Waals surface area (Å²) in [6.07, 6.45) is 0.536. The number of rotatable bonds is 4. The van der Waals surface area contributed by atoms with Gasteiger partial charge in [-0.15, -0.1) is 0 Å². The number of anilines is 1. The fourth-order valence-corrected chi connectivity index (χ4v) is 3.60. The summed E-state index contributed by atoms with van der Waals surface area (Å²) in [6, 6.07) is 12.9. The van der Waals surface area contributed by atoms with Crippen LogP contribution in [0.3, 0.4) is 0 Å². The summed E-state index contributed by atoms with van der Waals surface area (Å²) in [5.74, 6) is 0.191. The van der Waals surface area contributed by atoms with Crippen LogP contribution in [0.15, 0.2) is 47.4 Å². The highest BCUT2D eigenvalue weighted by atomic mass is 32.2. The number of ether oxygens (including phenoxy) is 1. The molecule has 26 heavy (non-hydrogen) atoms. The van der Waals surface area contributed by atoms with E-state index in [1.807, 2.05) is 13.0 Å². The Kier molecular flexibility index (Phi) is 4.68. The molecule has 0 spiro atoms. The SMILES string of the molecule is CC1Cc2cc(S(N)(=O)=O)ccc2N1C(=O)COc1cccc(C#N)c1. The van der Waals surface area contributed by atoms with Gasteiger partial charge < -0.3 is 9.64 Å². The van der Waals surface area contributed by atoms with Gasteiger partial charge in [-0.05, 0) is 55.3 Å². The fraction of sp³-hybridized carbons (Fsp3) is 0.222. The summed E-state index contributed by atoms with van der Waals surface area (Å²) in [5.41, 5.74) is 1.86. The molecule has 2 N–H and O–H groups in total. The van der Waals surface area contributed by atoms with E-state index in [0.29, 0.717) is 23.4 Å². The van der Waals surface area contributed by atoms with Gasteiger partial charge in [-0.3, -0.25) is 4.79 Å². The molecule has 1 aliphatic heterocycles. The zero-order valence-electron chi connectivity index (χ0n) is 14.0. The number of carbonyl (C=O) groups is 1. The minimum atomic E-state index is -3.79. The number of nitriles is 1. The number of nitrogens with two attached hydrogens (primary N) is 1. The lowest BCUT2D eigenvalue weighted by Gasteiger charge is -2.22. The van der Waals surface area contributed by atoms with Gasteiger partial charge in [-0.2, -0.15) is 5.26 Å². The molecule has 134 valence electrons. The van der Waals surface area contributed by atoms with Gasteiger partial charge in [-0.25, -0.2) is 13.6 Å². The number of hydrogen-bond acceptors (Lipinski definition) is 5. The lowest BCUT2D eigenvalue weighted by molar-refractivity contribution is -0.120. The highest BCUT2D eigenvalue weighted by Crippen LogP contribution is 2.33. The normalized spacial score (nSPS) is 16.0. The summed E-state index contributed by atoms with van der Waals surface area (Å²) in [6.45, 7) is 1.69. The van der Waals surface area contributed by atoms with Crippen molar-refractivity contribution < 1.29 is 17.9 Å². The van der Waals surface area contributed by atoms with E-state index in [4.69, 9.17) is 15.1 Å². The number of amides is 1. The Morgan fingerprint density at radius 3 is 2.81 bits per heavy atom. The van der Waals surface area contributed by atoms with Crippen LogP contribution in [0.2, 0.25) is 0 Å². The zero-order valence-corrected chi connectivity index (χ0v) is 14.9. The van der Waals surface area contributed by atoms with Crippen LogP contribution in [0.4, 0.5) is 5.69 Å². The first-order chi connectivity index (χ1) is 12.3. The maximum atomic E-state index is 12.6. The van der Waals surface area contributed by atoms with Crippen LogP contribution in [0, 0.1) is 11.3 Å². The lowest BCUT2D eigenvalue weighted by atomic mass is 10.1. The molecule has 7 nitrogen and oxygen atoms in total. The second-order valence-corrected chi connectivity index (χ2v) is 7.64. The van der Waals surface area contributed by atoms with Crippen LogP contribution in [0.5, 0.6) is 5.75 Å². The van der Waals surface area contributed by atoms with Gasteiger partial charge in [0, 0.05) is 11.7 Å². The number of fused-ring (bicyclic) bond motifs is 1. The number of benzene rings is 2. The Labute approximate surface area is 151 Å². The van der Waals surface area contributed by atoms with Gasteiger partial charge in [0.05, 0.1) is 16.5 Å². The molecular weight excluding hydrogens is 354 g/mol. The molecule has 1 unspecified atom stereocenters. The number of hydrogen-bond donors (Lipinski definition) is 1. The minimum Gasteiger partial charge on any atom is -0.484 e. The Hall–Kier alpha value is -2.89. The molecule has 0 fully saturated rings. The molecule has 1 atom stereocenters. The summed E-state index contributed by atoms with van der Waals surface area (Å²) < 4.78 is 28.5. The zero-order chi connectivity index (χ0) is 18.9. The third-order valence-corrected chi connectivity index (χ3v) is 5.10. The third kappa shape index (κ3) is 3.54. The Balaban J connectivity index is 1.78. The third-order valence-electron chi connectivity index (χ3n) is 4.19. The van der Waals surface area contributed by atoms with Gasteiger partial charge in [-0.1, -0.05) is 6.07 Å². The average molecular weight is 371 g/mol. The lowest BCUT2D eigenvalue weighted by Crippen LogP contribution is -2.39. The first-order valence-electron chi connectivity index (χ1n) is 7.90.